The van der Waals surface area contributed by atoms with Crippen LogP contribution in [0.4, 0.5) is 0 Å². The van der Waals surface area contributed by atoms with Crippen LogP contribution >= 0.6 is 11.8 Å². The zero-order valence-electron chi connectivity index (χ0n) is 13.0. The molecular weight excluding hydrogens is 324 g/mol. The van der Waals surface area contributed by atoms with Gasteiger partial charge in [0.05, 0.1) is 6.07 Å². The van der Waals surface area contributed by atoms with E-state index >= 15 is 0 Å². The fourth-order valence-electron chi connectivity index (χ4n) is 2.69. The Kier molecular flexibility index (Phi) is 3.77. The van der Waals surface area contributed by atoms with E-state index in [1.165, 1.54) is 0 Å². The molecule has 4 rings (SSSR count). The zero-order chi connectivity index (χ0) is 16.6. The number of benzene rings is 1. The SMILES string of the molecule is N#C[C@@]1(NC(=O)c2ccc(-c3nc(C4CC4)no3)cc2)CCSC1. The Morgan fingerprint density at radius 3 is 2.79 bits per heavy atom. The first-order valence-electron chi connectivity index (χ1n) is 7.95. The molecule has 2 heterocycles. The quantitative estimate of drug-likeness (QED) is 0.920. The van der Waals surface area contributed by atoms with Gasteiger partial charge in [-0.1, -0.05) is 5.16 Å². The average Bonchev–Trinajstić information content (AvgIpc) is 3.16. The Balaban J connectivity index is 1.48. The molecule has 7 heteroatoms. The number of carbonyl (C=O) groups is 1. The van der Waals surface area contributed by atoms with Crippen LogP contribution in [0.5, 0.6) is 0 Å². The monoisotopic (exact) mass is 340 g/mol. The van der Waals surface area contributed by atoms with Crippen LogP contribution in [-0.4, -0.2) is 33.1 Å². The molecule has 2 fully saturated rings. The molecule has 1 saturated carbocycles. The van der Waals surface area contributed by atoms with Crippen LogP contribution in [0.15, 0.2) is 28.8 Å². The molecule has 0 bridgehead atoms. The summed E-state index contributed by atoms with van der Waals surface area (Å²) < 4.78 is 5.29. The van der Waals surface area contributed by atoms with Crippen LogP contribution in [0.25, 0.3) is 11.5 Å². The van der Waals surface area contributed by atoms with Crippen LogP contribution in [0, 0.1) is 11.3 Å². The van der Waals surface area contributed by atoms with E-state index < -0.39 is 5.54 Å². The van der Waals surface area contributed by atoms with Crippen molar-refractivity contribution in [2.75, 3.05) is 11.5 Å². The summed E-state index contributed by atoms with van der Waals surface area (Å²) in [7, 11) is 0. The fraction of sp³-hybridized carbons (Fsp3) is 0.412. The van der Waals surface area contributed by atoms with Crippen LogP contribution in [0.2, 0.25) is 0 Å². The zero-order valence-corrected chi connectivity index (χ0v) is 13.8. The van der Waals surface area contributed by atoms with Crippen molar-refractivity contribution in [1.29, 1.82) is 5.26 Å². The second kappa shape index (κ2) is 5.95. The Labute approximate surface area is 143 Å². The van der Waals surface area contributed by atoms with E-state index in [-0.39, 0.29) is 5.91 Å². The number of hydrogen-bond donors (Lipinski definition) is 1. The summed E-state index contributed by atoms with van der Waals surface area (Å²) >= 11 is 1.69. The first-order valence-corrected chi connectivity index (χ1v) is 9.10. The predicted molar refractivity (Wildman–Crippen MR) is 89.5 cm³/mol. The molecule has 1 aromatic heterocycles. The Morgan fingerprint density at radius 1 is 1.38 bits per heavy atom. The summed E-state index contributed by atoms with van der Waals surface area (Å²) in [6, 6.07) is 9.28. The minimum Gasteiger partial charge on any atom is -0.334 e. The van der Waals surface area contributed by atoms with E-state index in [2.05, 4.69) is 21.5 Å². The molecule has 1 atom stereocenters. The number of nitriles is 1. The smallest absolute Gasteiger partial charge is 0.257 e. The van der Waals surface area contributed by atoms with Gasteiger partial charge in [0.15, 0.2) is 5.82 Å². The van der Waals surface area contributed by atoms with Crippen LogP contribution in [0.3, 0.4) is 0 Å². The molecule has 6 nitrogen and oxygen atoms in total. The molecule has 122 valence electrons. The minimum atomic E-state index is -0.744. The van der Waals surface area contributed by atoms with E-state index in [0.717, 1.165) is 30.0 Å². The fourth-order valence-corrected chi connectivity index (χ4v) is 3.96. The Bertz CT molecular complexity index is 799. The number of thioether (sulfide) groups is 1. The standard InChI is InChI=1S/C17H16N4O2S/c18-9-17(7-8-24-10-17)20-15(22)12-3-5-13(6-4-12)16-19-14(21-23-16)11-1-2-11/h3-6,11H,1-2,7-8,10H2,(H,20,22)/t17-/m0/s1. The molecule has 1 saturated heterocycles. The van der Waals surface area contributed by atoms with Gasteiger partial charge in [0.25, 0.3) is 11.8 Å². The molecule has 1 aromatic carbocycles. The molecule has 0 spiro atoms. The lowest BCUT2D eigenvalue weighted by atomic mass is 10.0. The van der Waals surface area contributed by atoms with Crippen molar-refractivity contribution in [3.05, 3.63) is 35.7 Å². The summed E-state index contributed by atoms with van der Waals surface area (Å²) in [5.41, 5.74) is 0.566. The lowest BCUT2D eigenvalue weighted by Gasteiger charge is -2.21. The molecule has 1 N–H and O–H groups in total. The number of aromatic nitrogens is 2. The van der Waals surface area contributed by atoms with Crippen molar-refractivity contribution in [3.8, 4) is 17.5 Å². The normalized spacial score (nSPS) is 23.0. The summed E-state index contributed by atoms with van der Waals surface area (Å²) in [5.74, 6) is 2.99. The molecule has 0 radical (unpaired) electrons. The van der Waals surface area contributed by atoms with Crippen molar-refractivity contribution in [2.45, 2.75) is 30.7 Å². The van der Waals surface area contributed by atoms with Crippen molar-refractivity contribution in [1.82, 2.24) is 15.5 Å². The summed E-state index contributed by atoms with van der Waals surface area (Å²) in [6.45, 7) is 0. The molecule has 1 amide bonds. The van der Waals surface area contributed by atoms with Gasteiger partial charge in [0.1, 0.15) is 5.54 Å². The van der Waals surface area contributed by atoms with Crippen LogP contribution < -0.4 is 5.32 Å². The second-order valence-corrected chi connectivity index (χ2v) is 7.37. The number of hydrogen-bond acceptors (Lipinski definition) is 6. The highest BCUT2D eigenvalue weighted by Gasteiger charge is 2.36. The van der Waals surface area contributed by atoms with Gasteiger partial charge in [0, 0.05) is 22.8 Å². The highest BCUT2D eigenvalue weighted by molar-refractivity contribution is 7.99. The predicted octanol–water partition coefficient (Wildman–Crippen LogP) is 2.74. The molecule has 24 heavy (non-hydrogen) atoms. The number of carbonyl (C=O) groups excluding carboxylic acids is 1. The van der Waals surface area contributed by atoms with Gasteiger partial charge >= 0.3 is 0 Å². The Hall–Kier alpha value is -2.33. The van der Waals surface area contributed by atoms with Crippen molar-refractivity contribution in [2.24, 2.45) is 0 Å². The second-order valence-electron chi connectivity index (χ2n) is 6.26. The largest absolute Gasteiger partial charge is 0.334 e. The first-order chi connectivity index (χ1) is 11.7. The Morgan fingerprint density at radius 2 is 2.17 bits per heavy atom. The maximum atomic E-state index is 12.4. The maximum Gasteiger partial charge on any atom is 0.257 e. The van der Waals surface area contributed by atoms with Crippen molar-refractivity contribution < 1.29 is 9.32 Å². The van der Waals surface area contributed by atoms with Crippen molar-refractivity contribution in [3.63, 3.8) is 0 Å². The van der Waals surface area contributed by atoms with Gasteiger partial charge in [0.2, 0.25) is 0 Å². The maximum absolute atomic E-state index is 12.4. The van der Waals surface area contributed by atoms with Gasteiger partial charge in [-0.25, -0.2) is 0 Å². The summed E-state index contributed by atoms with van der Waals surface area (Å²) in [4.78, 5) is 16.8. The van der Waals surface area contributed by atoms with Gasteiger partial charge in [-0.05, 0) is 49.3 Å². The first kappa shape index (κ1) is 15.2. The van der Waals surface area contributed by atoms with Gasteiger partial charge in [-0.15, -0.1) is 0 Å². The van der Waals surface area contributed by atoms with E-state index in [1.54, 1.807) is 36.0 Å². The lowest BCUT2D eigenvalue weighted by molar-refractivity contribution is 0.0926. The summed E-state index contributed by atoms with van der Waals surface area (Å²) in [6.07, 6.45) is 2.93. The van der Waals surface area contributed by atoms with Gasteiger partial charge in [-0.3, -0.25) is 4.79 Å². The number of nitrogens with one attached hydrogen (secondary N) is 1. The number of rotatable bonds is 4. The molecular formula is C17H16N4O2S. The van der Waals surface area contributed by atoms with E-state index in [1.807, 2.05) is 0 Å². The topological polar surface area (TPSA) is 91.8 Å². The number of nitrogens with zero attached hydrogens (tertiary/aromatic N) is 3. The lowest BCUT2D eigenvalue weighted by Crippen LogP contribution is -2.47. The highest BCUT2D eigenvalue weighted by Crippen LogP contribution is 2.38. The molecule has 2 aromatic rings. The molecule has 1 aliphatic carbocycles. The van der Waals surface area contributed by atoms with Crippen molar-refractivity contribution >= 4 is 17.7 Å². The van der Waals surface area contributed by atoms with E-state index in [9.17, 15) is 10.1 Å². The minimum absolute atomic E-state index is 0.227. The van der Waals surface area contributed by atoms with Gasteiger partial charge < -0.3 is 9.84 Å². The van der Waals surface area contributed by atoms with Crippen LogP contribution in [-0.2, 0) is 0 Å². The average molecular weight is 340 g/mol. The molecule has 2 aliphatic rings. The third kappa shape index (κ3) is 2.89. The van der Waals surface area contributed by atoms with E-state index in [4.69, 9.17) is 4.52 Å². The molecule has 1 aliphatic heterocycles. The van der Waals surface area contributed by atoms with Crippen LogP contribution in [0.1, 0.15) is 41.4 Å². The van der Waals surface area contributed by atoms with Gasteiger partial charge in [-0.2, -0.15) is 22.0 Å². The highest BCUT2D eigenvalue weighted by atomic mass is 32.2. The van der Waals surface area contributed by atoms with E-state index in [0.29, 0.717) is 29.5 Å². The summed E-state index contributed by atoms with van der Waals surface area (Å²) in [5, 5.41) is 16.2. The molecule has 0 unspecified atom stereocenters. The third-order valence-electron chi connectivity index (χ3n) is 4.37. The number of amides is 1. The third-order valence-corrected chi connectivity index (χ3v) is 5.56.